The maximum absolute atomic E-state index is 14.5. The molecule has 2 N–H and O–H groups in total. The fourth-order valence-corrected chi connectivity index (χ4v) is 8.26. The van der Waals surface area contributed by atoms with E-state index in [2.05, 4.69) is 17.1 Å². The molecule has 45 heavy (non-hydrogen) atoms. The number of fused-ring (bicyclic) bond motifs is 10. The van der Waals surface area contributed by atoms with Gasteiger partial charge in [-0.15, -0.1) is 0 Å². The van der Waals surface area contributed by atoms with Gasteiger partial charge >= 0.3 is 12.1 Å². The van der Waals surface area contributed by atoms with Crippen molar-refractivity contribution < 1.29 is 43.2 Å². The van der Waals surface area contributed by atoms with Crippen molar-refractivity contribution in [2.45, 2.75) is 141 Å². The first-order chi connectivity index (χ1) is 20.9. The van der Waals surface area contributed by atoms with Crippen molar-refractivity contribution in [3.63, 3.8) is 0 Å². The van der Waals surface area contributed by atoms with Gasteiger partial charge in [-0.25, -0.2) is 4.79 Å². The zero-order chi connectivity index (χ0) is 33.6. The molecular formula is C33H57N3O9. The highest BCUT2D eigenvalue weighted by Gasteiger charge is 2.59. The van der Waals surface area contributed by atoms with E-state index in [1.807, 2.05) is 53.7 Å². The van der Waals surface area contributed by atoms with Gasteiger partial charge in [-0.05, 0) is 87.4 Å². The van der Waals surface area contributed by atoms with Crippen LogP contribution in [0.2, 0.25) is 0 Å². The second-order valence-corrected chi connectivity index (χ2v) is 15.0. The first kappa shape index (κ1) is 36.0. The number of esters is 1. The van der Waals surface area contributed by atoms with E-state index >= 15 is 0 Å². The van der Waals surface area contributed by atoms with E-state index in [0.717, 1.165) is 0 Å². The monoisotopic (exact) mass is 639 g/mol. The molecule has 13 atom stereocenters. The van der Waals surface area contributed by atoms with Crippen LogP contribution in [0.1, 0.15) is 81.1 Å². The Morgan fingerprint density at radius 1 is 1.11 bits per heavy atom. The van der Waals surface area contributed by atoms with Gasteiger partial charge in [-0.2, -0.15) is 0 Å². The van der Waals surface area contributed by atoms with E-state index in [1.54, 1.807) is 20.8 Å². The molecule has 0 aromatic carbocycles. The van der Waals surface area contributed by atoms with Crippen molar-refractivity contribution in [3.8, 4) is 0 Å². The SMILES string of the molecule is CC[C@H]1OC(=O)[C@@]2(C)CCO[C@@](C)(C[C@@H](C)CN(C)[C@H](C)[C@H]3NC(=O)O[C@@]31C)[C@H](O[C@@H]1O[C@H](C)CC(N(C)C)C1O)[C@@H](C)C2=O. The van der Waals surface area contributed by atoms with Gasteiger partial charge in [0, 0.05) is 31.2 Å². The number of aliphatic hydroxyl groups is 1. The van der Waals surface area contributed by atoms with Crippen molar-refractivity contribution in [1.82, 2.24) is 15.1 Å². The number of ketones is 1. The van der Waals surface area contributed by atoms with Crippen LogP contribution in [0.5, 0.6) is 0 Å². The molecule has 0 saturated carbocycles. The number of amides is 1. The van der Waals surface area contributed by atoms with Crippen molar-refractivity contribution in [2.24, 2.45) is 17.3 Å². The average Bonchev–Trinajstić information content (AvgIpc) is 3.27. The fourth-order valence-electron chi connectivity index (χ4n) is 8.26. The molecule has 0 aromatic heterocycles. The van der Waals surface area contributed by atoms with Gasteiger partial charge < -0.3 is 43.9 Å². The molecule has 5 rings (SSSR count). The number of aliphatic hydroxyl groups excluding tert-OH is 1. The van der Waals surface area contributed by atoms with E-state index in [-0.39, 0.29) is 42.9 Å². The molecular weight excluding hydrogens is 582 g/mol. The summed E-state index contributed by atoms with van der Waals surface area (Å²) in [6.45, 7) is 15.9. The fraction of sp³-hybridized carbons (Fsp3) is 0.909. The van der Waals surface area contributed by atoms with Crippen LogP contribution in [0.4, 0.5) is 4.79 Å². The molecule has 5 saturated heterocycles. The summed E-state index contributed by atoms with van der Waals surface area (Å²) in [5, 5.41) is 14.3. The minimum Gasteiger partial charge on any atom is -0.457 e. The first-order valence-corrected chi connectivity index (χ1v) is 16.6. The molecule has 2 bridgehead atoms. The van der Waals surface area contributed by atoms with E-state index < -0.39 is 65.2 Å². The van der Waals surface area contributed by atoms with Gasteiger partial charge in [-0.1, -0.05) is 20.8 Å². The number of nitrogens with one attached hydrogen (secondary N) is 1. The van der Waals surface area contributed by atoms with Crippen molar-refractivity contribution in [3.05, 3.63) is 0 Å². The number of alkyl carbamates (subject to hydrolysis) is 1. The molecule has 2 unspecified atom stereocenters. The Morgan fingerprint density at radius 2 is 1.78 bits per heavy atom. The Balaban J connectivity index is 1.78. The number of ether oxygens (including phenoxy) is 5. The Hall–Kier alpha value is -1.83. The van der Waals surface area contributed by atoms with Gasteiger partial charge in [0.1, 0.15) is 17.6 Å². The lowest BCUT2D eigenvalue weighted by atomic mass is 9.70. The van der Waals surface area contributed by atoms with Crippen molar-refractivity contribution >= 4 is 17.8 Å². The highest BCUT2D eigenvalue weighted by Crippen LogP contribution is 2.43. The maximum Gasteiger partial charge on any atom is 0.408 e. The number of nitrogens with zero attached hydrogens (tertiary/aromatic N) is 2. The van der Waals surface area contributed by atoms with Crippen LogP contribution in [0.3, 0.4) is 0 Å². The molecule has 258 valence electrons. The Morgan fingerprint density at radius 3 is 2.40 bits per heavy atom. The third-order valence-corrected chi connectivity index (χ3v) is 11.0. The van der Waals surface area contributed by atoms with Crippen LogP contribution in [-0.4, -0.2) is 127 Å². The van der Waals surface area contributed by atoms with Crippen LogP contribution in [0.25, 0.3) is 0 Å². The van der Waals surface area contributed by atoms with Gasteiger partial charge in [0.2, 0.25) is 0 Å². The Bertz CT molecular complexity index is 1110. The Labute approximate surface area is 268 Å². The van der Waals surface area contributed by atoms with Crippen LogP contribution in [0, 0.1) is 17.3 Å². The zero-order valence-corrected chi connectivity index (χ0v) is 29.1. The number of Topliss-reactive ketones (excluding diaryl/α,β-unsaturated/α-hetero) is 1. The van der Waals surface area contributed by atoms with Crippen LogP contribution < -0.4 is 5.32 Å². The summed E-state index contributed by atoms with van der Waals surface area (Å²) in [4.78, 5) is 45.4. The molecule has 0 radical (unpaired) electrons. The predicted octanol–water partition coefficient (Wildman–Crippen LogP) is 2.74. The summed E-state index contributed by atoms with van der Waals surface area (Å²) < 4.78 is 31.5. The van der Waals surface area contributed by atoms with E-state index in [9.17, 15) is 19.5 Å². The lowest BCUT2D eigenvalue weighted by Gasteiger charge is -2.49. The highest BCUT2D eigenvalue weighted by atomic mass is 16.7. The number of likely N-dealkylation sites (N-methyl/N-ethyl adjacent to an activating group) is 2. The minimum absolute atomic E-state index is 0.0709. The summed E-state index contributed by atoms with van der Waals surface area (Å²) in [7, 11) is 5.82. The molecule has 0 spiro atoms. The molecule has 12 heteroatoms. The van der Waals surface area contributed by atoms with Gasteiger partial charge in [0.05, 0.1) is 23.9 Å². The van der Waals surface area contributed by atoms with Crippen molar-refractivity contribution in [2.75, 3.05) is 34.3 Å². The van der Waals surface area contributed by atoms with Gasteiger partial charge in [0.25, 0.3) is 0 Å². The second-order valence-electron chi connectivity index (χ2n) is 15.0. The molecule has 5 fully saturated rings. The minimum atomic E-state index is -1.54. The summed E-state index contributed by atoms with van der Waals surface area (Å²) in [5.41, 5.74) is -3.65. The summed E-state index contributed by atoms with van der Waals surface area (Å²) in [6.07, 6.45) is -2.65. The van der Waals surface area contributed by atoms with Gasteiger partial charge in [-0.3, -0.25) is 9.59 Å². The summed E-state index contributed by atoms with van der Waals surface area (Å²) in [5.74, 6) is -1.73. The maximum atomic E-state index is 14.5. The molecule has 0 aromatic rings. The first-order valence-electron chi connectivity index (χ1n) is 16.6. The molecule has 5 aliphatic rings. The molecule has 12 nitrogen and oxygen atoms in total. The third kappa shape index (κ3) is 6.78. The number of carbonyl (C=O) groups excluding carboxylic acids is 3. The topological polar surface area (TPSA) is 136 Å². The lowest BCUT2D eigenvalue weighted by molar-refractivity contribution is -0.300. The molecule has 5 aliphatic heterocycles. The Kier molecular flexibility index (Phi) is 10.7. The lowest BCUT2D eigenvalue weighted by Crippen LogP contribution is -2.61. The third-order valence-electron chi connectivity index (χ3n) is 11.0. The number of hydrogen-bond donors (Lipinski definition) is 2. The second kappa shape index (κ2) is 13.4. The van der Waals surface area contributed by atoms with E-state index in [0.29, 0.717) is 25.8 Å². The van der Waals surface area contributed by atoms with E-state index in [1.165, 1.54) is 0 Å². The smallest absolute Gasteiger partial charge is 0.408 e. The average molecular weight is 640 g/mol. The zero-order valence-electron chi connectivity index (χ0n) is 29.1. The normalized spacial score (nSPS) is 47.3. The standard InChI is InChI=1S/C33H57N3O9/c1-12-23-33(8)25(34-30(40)45-33)21(5)36(11)17-18(2)16-32(7)27(44-28-24(37)22(35(9)10)15-19(3)42-28)20(4)26(38)31(6,13-14-41-32)29(39)43-23/h18-25,27-28,37H,12-17H2,1-11H3,(H,34,40)/t18-,19-,20+,21-,22?,23-,24?,25-,27-,28+,31+,32+,33-/m1/s1. The van der Waals surface area contributed by atoms with Crippen molar-refractivity contribution in [1.29, 1.82) is 0 Å². The molecule has 1 amide bonds. The number of hydrogen-bond acceptors (Lipinski definition) is 11. The van der Waals surface area contributed by atoms with Crippen LogP contribution in [0.15, 0.2) is 0 Å². The van der Waals surface area contributed by atoms with Gasteiger partial charge in [0.15, 0.2) is 17.7 Å². The number of rotatable bonds is 4. The summed E-state index contributed by atoms with van der Waals surface area (Å²) >= 11 is 0. The predicted molar refractivity (Wildman–Crippen MR) is 166 cm³/mol. The molecule has 0 aliphatic carbocycles. The summed E-state index contributed by atoms with van der Waals surface area (Å²) in [6, 6.07) is -0.837. The molecule has 5 heterocycles. The number of carbonyl (C=O) groups is 3. The highest BCUT2D eigenvalue weighted by molar-refractivity contribution is 6.04. The van der Waals surface area contributed by atoms with Crippen LogP contribution in [-0.2, 0) is 33.3 Å². The largest absolute Gasteiger partial charge is 0.457 e. The quantitative estimate of drug-likeness (QED) is 0.347. The van der Waals surface area contributed by atoms with Crippen LogP contribution >= 0.6 is 0 Å². The van der Waals surface area contributed by atoms with E-state index in [4.69, 9.17) is 23.7 Å².